The first kappa shape index (κ1) is 16.4. The molecule has 0 aliphatic heterocycles. The first-order valence-electron chi connectivity index (χ1n) is 7.74. The summed E-state index contributed by atoms with van der Waals surface area (Å²) >= 11 is 6.08. The summed E-state index contributed by atoms with van der Waals surface area (Å²) in [6, 6.07) is 11.1. The molecule has 0 fully saturated rings. The summed E-state index contributed by atoms with van der Waals surface area (Å²) < 4.78 is 0. The second kappa shape index (κ2) is 6.21. The number of H-pyrrole nitrogens is 1. The van der Waals surface area contributed by atoms with Crippen LogP contribution in [0.2, 0.25) is 5.02 Å². The van der Waals surface area contributed by atoms with Crippen LogP contribution in [0.3, 0.4) is 0 Å². The summed E-state index contributed by atoms with van der Waals surface area (Å²) in [5.41, 5.74) is 5.54. The number of aryl methyl sites for hydroxylation is 2. The zero-order valence-electron chi connectivity index (χ0n) is 14.2. The number of amides is 1. The van der Waals surface area contributed by atoms with Gasteiger partial charge < -0.3 is 15.2 Å². The molecule has 24 heavy (non-hydrogen) atoms. The summed E-state index contributed by atoms with van der Waals surface area (Å²) in [6.07, 6.45) is 0. The number of nitrogens with one attached hydrogen (secondary N) is 2. The number of hydrogen-bond donors (Lipinski definition) is 2. The fourth-order valence-electron chi connectivity index (χ4n) is 2.80. The normalized spacial score (nSPS) is 10.9. The Morgan fingerprint density at radius 3 is 2.58 bits per heavy atom. The molecule has 0 saturated heterocycles. The highest BCUT2D eigenvalue weighted by molar-refractivity contribution is 6.31. The van der Waals surface area contributed by atoms with Gasteiger partial charge in [-0.25, -0.2) is 0 Å². The molecular formula is C19H20ClN3O. The van der Waals surface area contributed by atoms with Crippen molar-refractivity contribution in [2.45, 2.75) is 13.8 Å². The van der Waals surface area contributed by atoms with Gasteiger partial charge in [-0.2, -0.15) is 0 Å². The van der Waals surface area contributed by atoms with Gasteiger partial charge in [-0.05, 0) is 55.8 Å². The predicted octanol–water partition coefficient (Wildman–Crippen LogP) is 4.76. The zero-order chi connectivity index (χ0) is 17.4. The number of aromatic amines is 1. The number of hydrogen-bond acceptors (Lipinski definition) is 2. The number of halogens is 1. The van der Waals surface area contributed by atoms with Crippen molar-refractivity contribution >= 4 is 39.8 Å². The Morgan fingerprint density at radius 2 is 1.88 bits per heavy atom. The topological polar surface area (TPSA) is 48.1 Å². The highest BCUT2D eigenvalue weighted by Crippen LogP contribution is 2.29. The summed E-state index contributed by atoms with van der Waals surface area (Å²) in [7, 11) is 3.85. The molecule has 4 nitrogen and oxygen atoms in total. The van der Waals surface area contributed by atoms with Gasteiger partial charge in [0.25, 0.3) is 5.91 Å². The molecule has 0 unspecified atom stereocenters. The Balaban J connectivity index is 1.96. The second-order valence-corrected chi connectivity index (χ2v) is 6.58. The molecule has 0 aliphatic rings. The molecule has 0 radical (unpaired) electrons. The van der Waals surface area contributed by atoms with E-state index in [-0.39, 0.29) is 5.91 Å². The maximum absolute atomic E-state index is 12.7. The van der Waals surface area contributed by atoms with E-state index >= 15 is 0 Å². The molecule has 1 amide bonds. The molecule has 1 heterocycles. The molecule has 2 aromatic carbocycles. The number of benzene rings is 2. The molecule has 3 aromatic rings. The Labute approximate surface area is 146 Å². The molecule has 0 bridgehead atoms. The highest BCUT2D eigenvalue weighted by Gasteiger charge is 2.13. The predicted molar refractivity (Wildman–Crippen MR) is 102 cm³/mol. The lowest BCUT2D eigenvalue weighted by Crippen LogP contribution is -2.16. The number of carbonyl (C=O) groups is 1. The van der Waals surface area contributed by atoms with Crippen molar-refractivity contribution < 1.29 is 4.79 Å². The lowest BCUT2D eigenvalue weighted by atomic mass is 10.1. The van der Waals surface area contributed by atoms with Gasteiger partial charge in [-0.1, -0.05) is 11.6 Å². The molecule has 5 heteroatoms. The second-order valence-electron chi connectivity index (χ2n) is 6.15. The molecule has 3 rings (SSSR count). The maximum Gasteiger partial charge on any atom is 0.255 e. The molecule has 2 N–H and O–H groups in total. The van der Waals surface area contributed by atoms with Crippen LogP contribution in [0.15, 0.2) is 36.4 Å². The van der Waals surface area contributed by atoms with Crippen LogP contribution in [-0.4, -0.2) is 25.0 Å². The first-order chi connectivity index (χ1) is 11.4. The third-order valence-electron chi connectivity index (χ3n) is 4.26. The van der Waals surface area contributed by atoms with E-state index in [4.69, 9.17) is 11.6 Å². The summed E-state index contributed by atoms with van der Waals surface area (Å²) in [5, 5.41) is 4.62. The first-order valence-corrected chi connectivity index (χ1v) is 8.12. The average molecular weight is 342 g/mol. The molecule has 0 spiro atoms. The van der Waals surface area contributed by atoms with Crippen molar-refractivity contribution in [3.8, 4) is 0 Å². The van der Waals surface area contributed by atoms with E-state index in [9.17, 15) is 4.79 Å². The molecule has 0 aliphatic carbocycles. The third kappa shape index (κ3) is 2.97. The summed E-state index contributed by atoms with van der Waals surface area (Å²) in [4.78, 5) is 17.9. The van der Waals surface area contributed by atoms with Gasteiger partial charge in [0.2, 0.25) is 0 Å². The fraction of sp³-hybridized carbons (Fsp3) is 0.211. The number of nitrogens with zero attached hydrogens (tertiary/aromatic N) is 1. The molecule has 0 saturated carbocycles. The zero-order valence-corrected chi connectivity index (χ0v) is 15.0. The van der Waals surface area contributed by atoms with Gasteiger partial charge in [0, 0.05) is 41.3 Å². The van der Waals surface area contributed by atoms with Gasteiger partial charge in [-0.3, -0.25) is 4.79 Å². The van der Waals surface area contributed by atoms with E-state index in [1.54, 1.807) is 6.07 Å². The average Bonchev–Trinajstić information content (AvgIpc) is 2.81. The minimum atomic E-state index is -0.152. The van der Waals surface area contributed by atoms with Crippen LogP contribution in [0, 0.1) is 13.8 Å². The van der Waals surface area contributed by atoms with Crippen molar-refractivity contribution in [1.82, 2.24) is 4.98 Å². The Bertz CT molecular complexity index is 928. The van der Waals surface area contributed by atoms with Gasteiger partial charge in [0.15, 0.2) is 0 Å². The smallest absolute Gasteiger partial charge is 0.255 e. The van der Waals surface area contributed by atoms with Crippen molar-refractivity contribution in [3.05, 3.63) is 58.2 Å². The molecular weight excluding hydrogens is 322 g/mol. The monoisotopic (exact) mass is 341 g/mol. The van der Waals surface area contributed by atoms with Crippen LogP contribution < -0.4 is 10.2 Å². The Kier molecular flexibility index (Phi) is 4.24. The van der Waals surface area contributed by atoms with Crippen LogP contribution in [-0.2, 0) is 0 Å². The SMILES string of the molecule is Cc1[nH]c2ccc(C(=O)Nc3cc(Cl)ccc3N(C)C)cc2c1C. The van der Waals surface area contributed by atoms with Gasteiger partial charge >= 0.3 is 0 Å². The van der Waals surface area contributed by atoms with Crippen LogP contribution in [0.1, 0.15) is 21.6 Å². The van der Waals surface area contributed by atoms with E-state index in [1.165, 1.54) is 0 Å². The number of rotatable bonds is 3. The van der Waals surface area contributed by atoms with E-state index in [0.29, 0.717) is 16.3 Å². The van der Waals surface area contributed by atoms with E-state index in [1.807, 2.05) is 56.3 Å². The fourth-order valence-corrected chi connectivity index (χ4v) is 2.97. The number of carbonyl (C=O) groups excluding carboxylic acids is 1. The number of aromatic nitrogens is 1. The largest absolute Gasteiger partial charge is 0.376 e. The standard InChI is InChI=1S/C19H20ClN3O/c1-11-12(2)21-16-7-5-13(9-15(11)16)19(24)22-17-10-14(20)6-8-18(17)23(3)4/h5-10,21H,1-4H3,(H,22,24). The van der Waals surface area contributed by atoms with Crippen molar-refractivity contribution in [3.63, 3.8) is 0 Å². The Morgan fingerprint density at radius 1 is 1.12 bits per heavy atom. The highest BCUT2D eigenvalue weighted by atomic mass is 35.5. The van der Waals surface area contributed by atoms with Crippen LogP contribution in [0.25, 0.3) is 10.9 Å². The van der Waals surface area contributed by atoms with Crippen LogP contribution >= 0.6 is 11.6 Å². The lowest BCUT2D eigenvalue weighted by Gasteiger charge is -2.18. The molecule has 124 valence electrons. The van der Waals surface area contributed by atoms with Gasteiger partial charge in [-0.15, -0.1) is 0 Å². The van der Waals surface area contributed by atoms with Crippen molar-refractivity contribution in [2.24, 2.45) is 0 Å². The minimum Gasteiger partial charge on any atom is -0.376 e. The van der Waals surface area contributed by atoms with E-state index in [0.717, 1.165) is 27.8 Å². The quantitative estimate of drug-likeness (QED) is 0.721. The maximum atomic E-state index is 12.7. The van der Waals surface area contributed by atoms with E-state index in [2.05, 4.69) is 17.2 Å². The lowest BCUT2D eigenvalue weighted by molar-refractivity contribution is 0.102. The van der Waals surface area contributed by atoms with Gasteiger partial charge in [0.05, 0.1) is 11.4 Å². The van der Waals surface area contributed by atoms with E-state index < -0.39 is 0 Å². The van der Waals surface area contributed by atoms with Crippen molar-refractivity contribution in [2.75, 3.05) is 24.3 Å². The van der Waals surface area contributed by atoms with Crippen molar-refractivity contribution in [1.29, 1.82) is 0 Å². The minimum absolute atomic E-state index is 0.152. The molecule has 1 aromatic heterocycles. The summed E-state index contributed by atoms with van der Waals surface area (Å²) in [6.45, 7) is 4.08. The van der Waals surface area contributed by atoms with Gasteiger partial charge in [0.1, 0.15) is 0 Å². The summed E-state index contributed by atoms with van der Waals surface area (Å²) in [5.74, 6) is -0.152. The molecule has 0 atom stereocenters. The number of anilines is 2. The Hall–Kier alpha value is -2.46. The number of fused-ring (bicyclic) bond motifs is 1. The third-order valence-corrected chi connectivity index (χ3v) is 4.49. The van der Waals surface area contributed by atoms with Crippen LogP contribution in [0.4, 0.5) is 11.4 Å². The van der Waals surface area contributed by atoms with Crippen LogP contribution in [0.5, 0.6) is 0 Å².